The van der Waals surface area contributed by atoms with Crippen LogP contribution in [0.1, 0.15) is 19.8 Å². The molecule has 1 aromatic carbocycles. The topological polar surface area (TPSA) is 58.6 Å². The van der Waals surface area contributed by atoms with E-state index in [1.54, 1.807) is 0 Å². The number of methoxy groups -OCH3 is 1. The van der Waals surface area contributed by atoms with E-state index in [4.69, 9.17) is 9.84 Å². The van der Waals surface area contributed by atoms with Crippen LogP contribution >= 0.6 is 0 Å². The van der Waals surface area contributed by atoms with Crippen molar-refractivity contribution in [3.63, 3.8) is 0 Å². The van der Waals surface area contributed by atoms with E-state index in [-0.39, 0.29) is 5.69 Å². The summed E-state index contributed by atoms with van der Waals surface area (Å²) in [6.07, 6.45) is 1.14. The fourth-order valence-corrected chi connectivity index (χ4v) is 1.48. The molecule has 0 aromatic heterocycles. The van der Waals surface area contributed by atoms with Gasteiger partial charge in [-0.25, -0.2) is 9.18 Å². The van der Waals surface area contributed by atoms with E-state index < -0.39 is 17.8 Å². The van der Waals surface area contributed by atoms with Crippen LogP contribution in [0.5, 0.6) is 5.75 Å². The molecule has 0 amide bonds. The van der Waals surface area contributed by atoms with E-state index >= 15 is 0 Å². The lowest BCUT2D eigenvalue weighted by atomic mass is 10.1. The van der Waals surface area contributed by atoms with Crippen molar-refractivity contribution in [2.24, 2.45) is 0 Å². The number of benzene rings is 1. The van der Waals surface area contributed by atoms with E-state index in [0.29, 0.717) is 18.6 Å². The first-order valence-electron chi connectivity index (χ1n) is 5.41. The molecule has 0 heterocycles. The smallest absolute Gasteiger partial charge is 0.326 e. The third kappa shape index (κ3) is 3.62. The molecule has 1 atom stereocenters. The van der Waals surface area contributed by atoms with E-state index in [2.05, 4.69) is 5.32 Å². The molecule has 0 saturated heterocycles. The molecule has 0 spiro atoms. The predicted octanol–water partition coefficient (Wildman–Crippen LogP) is 2.50. The molecule has 0 radical (unpaired) electrons. The van der Waals surface area contributed by atoms with E-state index in [9.17, 15) is 9.18 Å². The second-order valence-electron chi connectivity index (χ2n) is 3.67. The number of carbonyl (C=O) groups is 1. The lowest BCUT2D eigenvalue weighted by Gasteiger charge is -2.16. The molecule has 2 N–H and O–H groups in total. The Bertz CT molecular complexity index is 395. The van der Waals surface area contributed by atoms with Crippen molar-refractivity contribution in [2.45, 2.75) is 25.8 Å². The Balaban J connectivity index is 2.87. The molecule has 1 unspecified atom stereocenters. The summed E-state index contributed by atoms with van der Waals surface area (Å²) in [6, 6.07) is 3.38. The summed E-state index contributed by atoms with van der Waals surface area (Å²) in [6.45, 7) is 1.87. The van der Waals surface area contributed by atoms with Crippen molar-refractivity contribution in [3.8, 4) is 5.75 Å². The number of hydrogen-bond acceptors (Lipinski definition) is 3. The molecule has 17 heavy (non-hydrogen) atoms. The van der Waals surface area contributed by atoms with Gasteiger partial charge in [0.05, 0.1) is 12.8 Å². The summed E-state index contributed by atoms with van der Waals surface area (Å²) in [7, 11) is 1.47. The highest BCUT2D eigenvalue weighted by atomic mass is 19.1. The van der Waals surface area contributed by atoms with Gasteiger partial charge < -0.3 is 15.2 Å². The Morgan fingerprint density at radius 1 is 1.59 bits per heavy atom. The molecule has 1 aromatic rings. The Hall–Kier alpha value is -1.78. The first-order chi connectivity index (χ1) is 8.08. The van der Waals surface area contributed by atoms with Gasteiger partial charge in [-0.2, -0.15) is 0 Å². The molecule has 0 bridgehead atoms. The van der Waals surface area contributed by atoms with Crippen LogP contribution in [0.3, 0.4) is 0 Å². The molecule has 5 heteroatoms. The molecular weight excluding hydrogens is 225 g/mol. The third-order valence-electron chi connectivity index (χ3n) is 2.38. The van der Waals surface area contributed by atoms with Gasteiger partial charge in [0.1, 0.15) is 17.6 Å². The maximum absolute atomic E-state index is 13.5. The minimum atomic E-state index is -0.992. The zero-order valence-corrected chi connectivity index (χ0v) is 9.87. The van der Waals surface area contributed by atoms with Crippen LogP contribution < -0.4 is 10.1 Å². The van der Waals surface area contributed by atoms with Crippen LogP contribution in [0.15, 0.2) is 18.2 Å². The summed E-state index contributed by atoms with van der Waals surface area (Å²) in [4.78, 5) is 10.9. The van der Waals surface area contributed by atoms with E-state index in [1.807, 2.05) is 6.92 Å². The van der Waals surface area contributed by atoms with E-state index in [0.717, 1.165) is 0 Å². The van der Waals surface area contributed by atoms with E-state index in [1.165, 1.54) is 25.3 Å². The Morgan fingerprint density at radius 3 is 2.82 bits per heavy atom. The number of rotatable bonds is 6. The Morgan fingerprint density at radius 2 is 2.29 bits per heavy atom. The summed E-state index contributed by atoms with van der Waals surface area (Å²) in [5.41, 5.74) is 0.144. The SMILES string of the molecule is CCCC(Nc1cc(OC)ccc1F)C(=O)O. The molecule has 4 nitrogen and oxygen atoms in total. The van der Waals surface area contributed by atoms with Crippen LogP contribution in [-0.2, 0) is 4.79 Å². The minimum absolute atomic E-state index is 0.144. The van der Waals surface area contributed by atoms with Crippen LogP contribution in [0.4, 0.5) is 10.1 Å². The number of carboxylic acids is 1. The third-order valence-corrected chi connectivity index (χ3v) is 2.38. The highest BCUT2D eigenvalue weighted by Crippen LogP contribution is 2.22. The number of nitrogens with one attached hydrogen (secondary N) is 1. The molecule has 1 rings (SSSR count). The summed E-state index contributed by atoms with van der Waals surface area (Å²) < 4.78 is 18.4. The molecular formula is C12H16FNO3. The van der Waals surface area contributed by atoms with Crippen LogP contribution in [0.2, 0.25) is 0 Å². The van der Waals surface area contributed by atoms with Gasteiger partial charge in [0.2, 0.25) is 0 Å². The monoisotopic (exact) mass is 241 g/mol. The predicted molar refractivity (Wildman–Crippen MR) is 62.9 cm³/mol. The number of aliphatic carboxylic acids is 1. The maximum Gasteiger partial charge on any atom is 0.326 e. The molecule has 0 aliphatic carbocycles. The lowest BCUT2D eigenvalue weighted by Crippen LogP contribution is -2.29. The Labute approximate surface area is 99.4 Å². The number of anilines is 1. The zero-order valence-electron chi connectivity index (χ0n) is 9.87. The quantitative estimate of drug-likeness (QED) is 0.803. The van der Waals surface area contributed by atoms with Gasteiger partial charge in [0, 0.05) is 6.07 Å². The Kier molecular flexibility index (Phi) is 4.75. The van der Waals surface area contributed by atoms with Gasteiger partial charge in [0.25, 0.3) is 0 Å². The van der Waals surface area contributed by atoms with Crippen LogP contribution in [0.25, 0.3) is 0 Å². The van der Waals surface area contributed by atoms with Crippen molar-refractivity contribution < 1.29 is 19.0 Å². The average molecular weight is 241 g/mol. The zero-order chi connectivity index (χ0) is 12.8. The summed E-state index contributed by atoms with van der Waals surface area (Å²) >= 11 is 0. The maximum atomic E-state index is 13.5. The van der Waals surface area contributed by atoms with Gasteiger partial charge in [0.15, 0.2) is 0 Å². The minimum Gasteiger partial charge on any atom is -0.497 e. The van der Waals surface area contributed by atoms with Crippen molar-refractivity contribution in [2.75, 3.05) is 12.4 Å². The van der Waals surface area contributed by atoms with Crippen LogP contribution in [-0.4, -0.2) is 24.2 Å². The molecule has 0 aliphatic rings. The van der Waals surface area contributed by atoms with Gasteiger partial charge in [-0.3, -0.25) is 0 Å². The van der Waals surface area contributed by atoms with Crippen molar-refractivity contribution in [1.29, 1.82) is 0 Å². The van der Waals surface area contributed by atoms with Crippen LogP contribution in [0, 0.1) is 5.82 Å². The van der Waals surface area contributed by atoms with Gasteiger partial charge in [-0.05, 0) is 18.6 Å². The molecule has 0 fully saturated rings. The van der Waals surface area contributed by atoms with Crippen molar-refractivity contribution in [3.05, 3.63) is 24.0 Å². The fraction of sp³-hybridized carbons (Fsp3) is 0.417. The first-order valence-corrected chi connectivity index (χ1v) is 5.41. The molecule has 0 saturated carbocycles. The number of hydrogen-bond donors (Lipinski definition) is 2. The first kappa shape index (κ1) is 13.3. The highest BCUT2D eigenvalue weighted by Gasteiger charge is 2.17. The number of carboxylic acid groups (broad SMARTS) is 1. The van der Waals surface area contributed by atoms with Gasteiger partial charge in [-0.1, -0.05) is 13.3 Å². The second kappa shape index (κ2) is 6.08. The van der Waals surface area contributed by atoms with Crippen molar-refractivity contribution in [1.82, 2.24) is 0 Å². The second-order valence-corrected chi connectivity index (χ2v) is 3.67. The molecule has 0 aliphatic heterocycles. The number of halogens is 1. The average Bonchev–Trinajstić information content (AvgIpc) is 2.31. The lowest BCUT2D eigenvalue weighted by molar-refractivity contribution is -0.138. The highest BCUT2D eigenvalue weighted by molar-refractivity contribution is 5.77. The normalized spacial score (nSPS) is 11.9. The summed E-state index contributed by atoms with van der Waals surface area (Å²) in [5, 5.41) is 11.6. The standard InChI is InChI=1S/C12H16FNO3/c1-3-4-10(12(15)16)14-11-7-8(17-2)5-6-9(11)13/h5-7,10,14H,3-4H2,1-2H3,(H,15,16). The van der Waals surface area contributed by atoms with Crippen molar-refractivity contribution >= 4 is 11.7 Å². The summed E-state index contributed by atoms with van der Waals surface area (Å²) in [5.74, 6) is -1.00. The van der Waals surface area contributed by atoms with Gasteiger partial charge >= 0.3 is 5.97 Å². The number of ether oxygens (including phenoxy) is 1. The van der Waals surface area contributed by atoms with Gasteiger partial charge in [-0.15, -0.1) is 0 Å². The molecule has 94 valence electrons. The largest absolute Gasteiger partial charge is 0.497 e. The fourth-order valence-electron chi connectivity index (χ4n) is 1.48.